The number of carbonyl (C=O) groups is 2. The van der Waals surface area contributed by atoms with Crippen molar-refractivity contribution in [3.63, 3.8) is 0 Å². The summed E-state index contributed by atoms with van der Waals surface area (Å²) in [5.74, 6) is 0.395. The Morgan fingerprint density at radius 3 is 2.59 bits per heavy atom. The molecule has 0 unspecified atom stereocenters. The number of methoxy groups -OCH3 is 1. The van der Waals surface area contributed by atoms with Gasteiger partial charge < -0.3 is 19.2 Å². The van der Waals surface area contributed by atoms with Crippen LogP contribution < -0.4 is 10.1 Å². The van der Waals surface area contributed by atoms with Crippen molar-refractivity contribution < 1.29 is 23.5 Å². The number of esters is 1. The van der Waals surface area contributed by atoms with Gasteiger partial charge in [0.15, 0.2) is 0 Å². The minimum absolute atomic E-state index is 0.116. The average Bonchev–Trinajstić information content (AvgIpc) is 3.20. The zero-order valence-electron chi connectivity index (χ0n) is 14.8. The van der Waals surface area contributed by atoms with Crippen LogP contribution >= 0.6 is 0 Å². The second kappa shape index (κ2) is 8.71. The first-order valence-corrected chi connectivity index (χ1v) is 8.38. The summed E-state index contributed by atoms with van der Waals surface area (Å²) in [5.41, 5.74) is 1.52. The van der Waals surface area contributed by atoms with Gasteiger partial charge in [0.05, 0.1) is 7.11 Å². The summed E-state index contributed by atoms with van der Waals surface area (Å²) >= 11 is 0. The van der Waals surface area contributed by atoms with E-state index >= 15 is 0 Å². The summed E-state index contributed by atoms with van der Waals surface area (Å²) in [6.07, 6.45) is 0. The van der Waals surface area contributed by atoms with Crippen LogP contribution in [-0.4, -0.2) is 19.0 Å². The van der Waals surface area contributed by atoms with E-state index in [-0.39, 0.29) is 18.3 Å². The third-order valence-electron chi connectivity index (χ3n) is 3.82. The topological polar surface area (TPSA) is 77.8 Å². The van der Waals surface area contributed by atoms with E-state index in [9.17, 15) is 9.59 Å². The number of furan rings is 1. The van der Waals surface area contributed by atoms with E-state index in [1.165, 1.54) is 13.2 Å². The lowest BCUT2D eigenvalue weighted by molar-refractivity contribution is 0.0560. The fraction of sp³-hybridized carbons (Fsp3) is 0.143. The molecule has 3 aromatic rings. The number of rotatable bonds is 7. The fourth-order valence-electron chi connectivity index (χ4n) is 2.43. The lowest BCUT2D eigenvalue weighted by Gasteiger charge is -2.08. The molecular weight excluding hydrogens is 346 g/mol. The van der Waals surface area contributed by atoms with Gasteiger partial charge in [0.2, 0.25) is 5.76 Å². The molecule has 138 valence electrons. The number of carbonyl (C=O) groups excluding carboxylic acids is 2. The summed E-state index contributed by atoms with van der Waals surface area (Å²) in [7, 11) is 1.29. The van der Waals surface area contributed by atoms with E-state index in [1.807, 2.05) is 30.3 Å². The van der Waals surface area contributed by atoms with Crippen molar-refractivity contribution in [1.82, 2.24) is 5.32 Å². The molecule has 0 saturated carbocycles. The number of hydrogen-bond acceptors (Lipinski definition) is 5. The summed E-state index contributed by atoms with van der Waals surface area (Å²) < 4.78 is 15.6. The predicted molar refractivity (Wildman–Crippen MR) is 98.4 cm³/mol. The zero-order valence-corrected chi connectivity index (χ0v) is 14.8. The van der Waals surface area contributed by atoms with Crippen LogP contribution in [-0.2, 0) is 17.9 Å². The molecule has 6 nitrogen and oxygen atoms in total. The highest BCUT2D eigenvalue weighted by molar-refractivity contribution is 5.94. The maximum Gasteiger partial charge on any atom is 0.373 e. The predicted octanol–water partition coefficient (Wildman–Crippen LogP) is 3.58. The zero-order chi connectivity index (χ0) is 19.1. The standard InChI is InChI=1S/C21H19NO5/c1-25-21(24)19-11-10-18(27-19)14-26-17-9-5-8-16(12-17)20(23)22-13-15-6-3-2-4-7-15/h2-12H,13-14H2,1H3,(H,22,23). The molecule has 1 heterocycles. The van der Waals surface area contributed by atoms with Crippen molar-refractivity contribution in [2.24, 2.45) is 0 Å². The number of amides is 1. The van der Waals surface area contributed by atoms with Crippen molar-refractivity contribution in [2.75, 3.05) is 7.11 Å². The van der Waals surface area contributed by atoms with Crippen molar-refractivity contribution in [1.29, 1.82) is 0 Å². The molecule has 0 aliphatic rings. The summed E-state index contributed by atoms with van der Waals surface area (Å²) in [4.78, 5) is 23.7. The molecule has 0 saturated heterocycles. The Labute approximate surface area is 156 Å². The highest BCUT2D eigenvalue weighted by Crippen LogP contribution is 2.17. The third-order valence-corrected chi connectivity index (χ3v) is 3.82. The number of ether oxygens (including phenoxy) is 2. The maximum atomic E-state index is 12.3. The molecule has 0 aliphatic carbocycles. The molecule has 0 aliphatic heterocycles. The molecule has 2 aromatic carbocycles. The molecule has 1 aromatic heterocycles. The van der Waals surface area contributed by atoms with Crippen molar-refractivity contribution >= 4 is 11.9 Å². The summed E-state index contributed by atoms with van der Waals surface area (Å²) in [5, 5.41) is 2.87. The summed E-state index contributed by atoms with van der Waals surface area (Å²) in [6.45, 7) is 0.583. The molecule has 1 N–H and O–H groups in total. The number of hydrogen-bond donors (Lipinski definition) is 1. The first-order valence-electron chi connectivity index (χ1n) is 8.38. The molecule has 27 heavy (non-hydrogen) atoms. The molecule has 3 rings (SSSR count). The minimum Gasteiger partial charge on any atom is -0.486 e. The lowest BCUT2D eigenvalue weighted by atomic mass is 10.2. The SMILES string of the molecule is COC(=O)c1ccc(COc2cccc(C(=O)NCc3ccccc3)c2)o1. The molecule has 6 heteroatoms. The molecule has 0 atom stereocenters. The Hall–Kier alpha value is -3.54. The molecule has 0 bridgehead atoms. The largest absolute Gasteiger partial charge is 0.486 e. The van der Waals surface area contributed by atoms with Crippen LogP contribution in [0.25, 0.3) is 0 Å². The fourth-order valence-corrected chi connectivity index (χ4v) is 2.43. The third kappa shape index (κ3) is 4.98. The van der Waals surface area contributed by atoms with E-state index in [4.69, 9.17) is 9.15 Å². The highest BCUT2D eigenvalue weighted by atomic mass is 16.5. The van der Waals surface area contributed by atoms with Gasteiger partial charge in [-0.2, -0.15) is 0 Å². The first kappa shape index (κ1) is 18.3. The smallest absolute Gasteiger partial charge is 0.373 e. The van der Waals surface area contributed by atoms with Gasteiger partial charge in [-0.15, -0.1) is 0 Å². The van der Waals surface area contributed by atoms with Crippen LogP contribution in [0.3, 0.4) is 0 Å². The van der Waals surface area contributed by atoms with E-state index in [1.54, 1.807) is 30.3 Å². The van der Waals surface area contributed by atoms with Gasteiger partial charge >= 0.3 is 5.97 Å². The van der Waals surface area contributed by atoms with Gasteiger partial charge in [0.1, 0.15) is 18.1 Å². The van der Waals surface area contributed by atoms with E-state index in [0.29, 0.717) is 23.6 Å². The lowest BCUT2D eigenvalue weighted by Crippen LogP contribution is -2.22. The average molecular weight is 365 g/mol. The minimum atomic E-state index is -0.543. The van der Waals surface area contributed by atoms with Crippen molar-refractivity contribution in [3.05, 3.63) is 89.4 Å². The Balaban J connectivity index is 1.57. The Morgan fingerprint density at radius 2 is 1.81 bits per heavy atom. The monoisotopic (exact) mass is 365 g/mol. The Kier molecular flexibility index (Phi) is 5.89. The van der Waals surface area contributed by atoms with Crippen LogP contribution in [0.1, 0.15) is 32.2 Å². The quantitative estimate of drug-likeness (QED) is 0.648. The molecular formula is C21H19NO5. The number of nitrogens with one attached hydrogen (secondary N) is 1. The number of benzene rings is 2. The Bertz CT molecular complexity index is 917. The molecule has 1 amide bonds. The second-order valence-corrected chi connectivity index (χ2v) is 5.74. The van der Waals surface area contributed by atoms with Gasteiger partial charge in [-0.3, -0.25) is 4.79 Å². The van der Waals surface area contributed by atoms with E-state index < -0.39 is 5.97 Å². The van der Waals surface area contributed by atoms with Crippen LogP contribution in [0.5, 0.6) is 5.75 Å². The van der Waals surface area contributed by atoms with E-state index in [2.05, 4.69) is 10.1 Å². The van der Waals surface area contributed by atoms with Gasteiger partial charge in [0, 0.05) is 12.1 Å². The van der Waals surface area contributed by atoms with Crippen molar-refractivity contribution in [3.8, 4) is 5.75 Å². The van der Waals surface area contributed by atoms with Gasteiger partial charge in [-0.25, -0.2) is 4.79 Å². The van der Waals surface area contributed by atoms with Crippen LogP contribution in [0.15, 0.2) is 71.1 Å². The highest BCUT2D eigenvalue weighted by Gasteiger charge is 2.12. The second-order valence-electron chi connectivity index (χ2n) is 5.74. The van der Waals surface area contributed by atoms with Gasteiger partial charge in [0.25, 0.3) is 5.91 Å². The molecule has 0 fully saturated rings. The van der Waals surface area contributed by atoms with Crippen LogP contribution in [0.4, 0.5) is 0 Å². The first-order chi connectivity index (χ1) is 13.2. The molecule has 0 spiro atoms. The van der Waals surface area contributed by atoms with Crippen molar-refractivity contribution in [2.45, 2.75) is 13.2 Å². The summed E-state index contributed by atoms with van der Waals surface area (Å²) in [6, 6.07) is 19.7. The molecule has 0 radical (unpaired) electrons. The van der Waals surface area contributed by atoms with Gasteiger partial charge in [-0.1, -0.05) is 36.4 Å². The normalized spacial score (nSPS) is 10.3. The van der Waals surface area contributed by atoms with E-state index in [0.717, 1.165) is 5.56 Å². The van der Waals surface area contributed by atoms with Crippen LogP contribution in [0.2, 0.25) is 0 Å². The Morgan fingerprint density at radius 1 is 1.00 bits per heavy atom. The maximum absolute atomic E-state index is 12.3. The van der Waals surface area contributed by atoms with Crippen LogP contribution in [0, 0.1) is 0 Å². The van der Waals surface area contributed by atoms with Gasteiger partial charge in [-0.05, 0) is 35.9 Å².